The van der Waals surface area contributed by atoms with Crippen LogP contribution in [-0.4, -0.2) is 12.8 Å². The zero-order chi connectivity index (χ0) is 16.7. The van der Waals surface area contributed by atoms with E-state index in [2.05, 4.69) is 0 Å². The predicted octanol–water partition coefficient (Wildman–Crippen LogP) is 4.53. The third-order valence-electron chi connectivity index (χ3n) is 4.14. The third-order valence-corrected chi connectivity index (χ3v) is 4.14. The van der Waals surface area contributed by atoms with Crippen molar-refractivity contribution in [3.05, 3.63) is 84.0 Å². The molecule has 1 aliphatic rings. The summed E-state index contributed by atoms with van der Waals surface area (Å²) < 4.78 is 19.1. The molecule has 3 aromatic carbocycles. The van der Waals surface area contributed by atoms with Gasteiger partial charge in [-0.15, -0.1) is 0 Å². The van der Waals surface area contributed by atoms with Crippen LogP contribution in [0.4, 0.5) is 10.1 Å². The van der Waals surface area contributed by atoms with Crippen molar-refractivity contribution in [3.8, 4) is 5.75 Å². The summed E-state index contributed by atoms with van der Waals surface area (Å²) in [6, 6.07) is 17.6. The zero-order valence-electron chi connectivity index (χ0n) is 13.0. The summed E-state index contributed by atoms with van der Waals surface area (Å²) in [5.74, 6) is 0.428. The molecule has 0 N–H and O–H groups in total. The van der Waals surface area contributed by atoms with Crippen LogP contribution in [0.5, 0.6) is 5.75 Å². The molecule has 0 saturated carbocycles. The quantitative estimate of drug-likeness (QED) is 0.513. The molecule has 3 nitrogen and oxygen atoms in total. The van der Waals surface area contributed by atoms with E-state index in [4.69, 9.17) is 4.74 Å². The summed E-state index contributed by atoms with van der Waals surface area (Å²) in [5, 5.41) is 1.90. The third kappa shape index (κ3) is 2.33. The fourth-order valence-corrected chi connectivity index (χ4v) is 2.90. The van der Waals surface area contributed by atoms with Crippen LogP contribution in [0, 0.1) is 5.82 Å². The van der Waals surface area contributed by atoms with E-state index in [0.29, 0.717) is 22.9 Å². The van der Waals surface area contributed by atoms with Crippen LogP contribution in [0.2, 0.25) is 0 Å². The molecule has 0 atom stereocenters. The number of halogens is 1. The minimum atomic E-state index is -0.342. The first kappa shape index (κ1) is 14.5. The van der Waals surface area contributed by atoms with Gasteiger partial charge in [-0.1, -0.05) is 42.5 Å². The highest BCUT2D eigenvalue weighted by Crippen LogP contribution is 2.38. The van der Waals surface area contributed by atoms with Gasteiger partial charge in [-0.3, -0.25) is 4.79 Å². The Hall–Kier alpha value is -3.14. The van der Waals surface area contributed by atoms with Gasteiger partial charge in [0.1, 0.15) is 5.82 Å². The maximum Gasteiger partial charge on any atom is 0.204 e. The lowest BCUT2D eigenvalue weighted by molar-refractivity contribution is 0.104. The normalized spacial score (nSPS) is 14.8. The molecule has 0 spiro atoms. The van der Waals surface area contributed by atoms with Crippen LogP contribution >= 0.6 is 0 Å². The van der Waals surface area contributed by atoms with Crippen molar-refractivity contribution in [1.29, 1.82) is 0 Å². The van der Waals surface area contributed by atoms with Crippen molar-refractivity contribution in [1.82, 2.24) is 0 Å². The number of carbonyl (C=O) groups is 1. The second-order valence-corrected chi connectivity index (χ2v) is 5.65. The molecule has 4 heteroatoms. The molecule has 0 bridgehead atoms. The molecule has 0 aliphatic carbocycles. The van der Waals surface area contributed by atoms with Crippen LogP contribution in [0.3, 0.4) is 0 Å². The van der Waals surface area contributed by atoms with E-state index in [9.17, 15) is 9.18 Å². The summed E-state index contributed by atoms with van der Waals surface area (Å²) in [4.78, 5) is 14.4. The van der Waals surface area contributed by atoms with Crippen molar-refractivity contribution in [2.45, 2.75) is 0 Å². The molecule has 1 heterocycles. The first-order chi connectivity index (χ1) is 11.6. The molecular weight excluding hydrogens is 305 g/mol. The molecule has 0 fully saturated rings. The second kappa shape index (κ2) is 5.49. The highest BCUT2D eigenvalue weighted by Gasteiger charge is 2.24. The van der Waals surface area contributed by atoms with Crippen LogP contribution in [0.15, 0.2) is 72.6 Å². The average molecular weight is 319 g/mol. The van der Waals surface area contributed by atoms with Crippen molar-refractivity contribution in [2.75, 3.05) is 11.9 Å². The second-order valence-electron chi connectivity index (χ2n) is 5.65. The van der Waals surface area contributed by atoms with Crippen molar-refractivity contribution < 1.29 is 13.9 Å². The molecular formula is C20H14FNO2. The van der Waals surface area contributed by atoms with Crippen LogP contribution < -0.4 is 9.64 Å². The molecule has 0 aromatic heterocycles. The summed E-state index contributed by atoms with van der Waals surface area (Å²) in [6.45, 7) is 0. The number of carbonyl (C=O) groups excluding carboxylic acids is 1. The van der Waals surface area contributed by atoms with E-state index < -0.39 is 0 Å². The Morgan fingerprint density at radius 2 is 1.88 bits per heavy atom. The Morgan fingerprint density at radius 3 is 2.75 bits per heavy atom. The van der Waals surface area contributed by atoms with Gasteiger partial charge >= 0.3 is 0 Å². The van der Waals surface area contributed by atoms with Gasteiger partial charge in [0.2, 0.25) is 5.88 Å². The molecule has 0 amide bonds. The number of hydrogen-bond donors (Lipinski definition) is 0. The number of anilines is 1. The largest absolute Gasteiger partial charge is 0.438 e. The smallest absolute Gasteiger partial charge is 0.204 e. The molecule has 118 valence electrons. The monoisotopic (exact) mass is 319 g/mol. The molecule has 24 heavy (non-hydrogen) atoms. The first-order valence-corrected chi connectivity index (χ1v) is 7.58. The lowest BCUT2D eigenvalue weighted by Crippen LogP contribution is -2.15. The lowest BCUT2D eigenvalue weighted by atomic mass is 10.0. The Morgan fingerprint density at radius 1 is 1.08 bits per heavy atom. The van der Waals surface area contributed by atoms with Gasteiger partial charge in [0.05, 0.1) is 5.69 Å². The van der Waals surface area contributed by atoms with E-state index in [0.717, 1.165) is 10.8 Å². The highest BCUT2D eigenvalue weighted by atomic mass is 19.1. The van der Waals surface area contributed by atoms with Gasteiger partial charge in [0, 0.05) is 24.8 Å². The SMILES string of the molecule is CN1C(=CC(=O)c2cccc3ccccc23)Oc2ccc(F)cc21. The number of nitrogens with zero attached hydrogens (tertiary/aromatic N) is 1. The van der Waals surface area contributed by atoms with Gasteiger partial charge in [-0.25, -0.2) is 4.39 Å². The summed E-state index contributed by atoms with van der Waals surface area (Å²) >= 11 is 0. The first-order valence-electron chi connectivity index (χ1n) is 7.58. The van der Waals surface area contributed by atoms with E-state index in [1.165, 1.54) is 18.2 Å². The Kier molecular flexibility index (Phi) is 3.31. The zero-order valence-corrected chi connectivity index (χ0v) is 13.0. The molecule has 0 radical (unpaired) electrons. The molecule has 3 aromatic rings. The fourth-order valence-electron chi connectivity index (χ4n) is 2.90. The maximum atomic E-state index is 13.4. The lowest BCUT2D eigenvalue weighted by Gasteiger charge is -2.11. The van der Waals surface area contributed by atoms with Crippen molar-refractivity contribution >= 4 is 22.2 Å². The maximum absolute atomic E-state index is 13.4. The summed E-state index contributed by atoms with van der Waals surface area (Å²) in [5.41, 5.74) is 1.21. The van der Waals surface area contributed by atoms with Gasteiger partial charge in [-0.05, 0) is 22.9 Å². The fraction of sp³-hybridized carbons (Fsp3) is 0.0500. The van der Waals surface area contributed by atoms with E-state index in [1.807, 2.05) is 36.4 Å². The van der Waals surface area contributed by atoms with E-state index in [1.54, 1.807) is 24.1 Å². The Labute approximate surface area is 138 Å². The average Bonchev–Trinajstić information content (AvgIpc) is 2.90. The standard InChI is InChI=1S/C20H14FNO2/c1-22-17-11-14(21)9-10-19(17)24-20(22)12-18(23)16-8-4-6-13-5-2-3-7-15(13)16/h2-12H,1H3. The van der Waals surface area contributed by atoms with Gasteiger partial charge in [0.25, 0.3) is 0 Å². The highest BCUT2D eigenvalue weighted by molar-refractivity contribution is 6.13. The Balaban J connectivity index is 1.73. The number of hydrogen-bond acceptors (Lipinski definition) is 3. The minimum Gasteiger partial charge on any atom is -0.438 e. The van der Waals surface area contributed by atoms with E-state index in [-0.39, 0.29) is 11.6 Å². The molecule has 0 saturated heterocycles. The summed E-state index contributed by atoms with van der Waals surface area (Å²) in [6.07, 6.45) is 1.44. The number of rotatable bonds is 2. The number of benzene rings is 3. The number of allylic oxidation sites excluding steroid dienone is 1. The molecule has 1 aliphatic heterocycles. The number of ketones is 1. The topological polar surface area (TPSA) is 29.5 Å². The minimum absolute atomic E-state index is 0.151. The van der Waals surface area contributed by atoms with Crippen molar-refractivity contribution in [3.63, 3.8) is 0 Å². The predicted molar refractivity (Wildman–Crippen MR) is 91.8 cm³/mol. The van der Waals surface area contributed by atoms with Gasteiger partial charge in [-0.2, -0.15) is 0 Å². The Bertz CT molecular complexity index is 989. The molecule has 4 rings (SSSR count). The number of ether oxygens (including phenoxy) is 1. The van der Waals surface area contributed by atoms with Gasteiger partial charge in [0.15, 0.2) is 11.5 Å². The van der Waals surface area contributed by atoms with Crippen LogP contribution in [-0.2, 0) is 0 Å². The van der Waals surface area contributed by atoms with E-state index >= 15 is 0 Å². The van der Waals surface area contributed by atoms with Crippen LogP contribution in [0.25, 0.3) is 10.8 Å². The number of fused-ring (bicyclic) bond motifs is 2. The van der Waals surface area contributed by atoms with Gasteiger partial charge < -0.3 is 9.64 Å². The van der Waals surface area contributed by atoms with Crippen LogP contribution in [0.1, 0.15) is 10.4 Å². The molecule has 0 unspecified atom stereocenters. The van der Waals surface area contributed by atoms with Crippen molar-refractivity contribution in [2.24, 2.45) is 0 Å². The summed E-state index contributed by atoms with van der Waals surface area (Å²) in [7, 11) is 1.74.